The number of carbonyl (C=O) groups is 2. The molecule has 0 spiro atoms. The molecular formula is C42H48F2N2O7. The van der Waals surface area contributed by atoms with Gasteiger partial charge < -0.3 is 29.4 Å². The molecule has 0 amide bonds. The molecule has 0 radical (unpaired) electrons. The number of aromatic carboxylic acids is 1. The molecule has 1 unspecified atom stereocenters. The first-order valence-electron chi connectivity index (χ1n) is 17.7. The third-order valence-corrected chi connectivity index (χ3v) is 10.5. The Hall–Kier alpha value is -5.00. The average molecular weight is 731 g/mol. The lowest BCUT2D eigenvalue weighted by Gasteiger charge is -2.41. The molecule has 11 heteroatoms. The van der Waals surface area contributed by atoms with Crippen LogP contribution in [-0.4, -0.2) is 75.0 Å². The Labute approximate surface area is 309 Å². The molecule has 1 saturated heterocycles. The van der Waals surface area contributed by atoms with Crippen LogP contribution in [0.2, 0.25) is 0 Å². The summed E-state index contributed by atoms with van der Waals surface area (Å²) in [6.07, 6.45) is 0.701. The zero-order valence-electron chi connectivity index (χ0n) is 31.6. The van der Waals surface area contributed by atoms with E-state index < -0.39 is 11.9 Å². The van der Waals surface area contributed by atoms with Crippen LogP contribution in [-0.2, 0) is 0 Å². The summed E-state index contributed by atoms with van der Waals surface area (Å²) < 4.78 is 51.4. The standard InChI is InChI=1S/C42H48F2N2O7/c1-23-26(4)38(28(6)39(50-7)34(23)41(47)48)53-42(49)35-24(2)25(3)37(27(5)40(35)51-8)52-21-9-19-46-20-18-45-22-33(46)36(29-10-14-31(43)15-11-29)30-12-16-32(44)17-13-30/h10-17,33,36,45H,9,18-22H2,1-8H3,(H,47,48). The summed E-state index contributed by atoms with van der Waals surface area (Å²) in [6.45, 7) is 14.0. The minimum atomic E-state index is -1.13. The fourth-order valence-corrected chi connectivity index (χ4v) is 7.52. The largest absolute Gasteiger partial charge is 0.495 e. The molecule has 0 saturated carbocycles. The van der Waals surface area contributed by atoms with E-state index in [0.717, 1.165) is 36.3 Å². The molecule has 1 aliphatic heterocycles. The number of carboxylic acids is 1. The lowest BCUT2D eigenvalue weighted by Crippen LogP contribution is -2.54. The van der Waals surface area contributed by atoms with Crippen molar-refractivity contribution in [1.29, 1.82) is 0 Å². The highest BCUT2D eigenvalue weighted by molar-refractivity contribution is 5.98. The molecule has 9 nitrogen and oxygen atoms in total. The Kier molecular flexibility index (Phi) is 12.4. The van der Waals surface area contributed by atoms with E-state index in [0.29, 0.717) is 58.9 Å². The highest BCUT2D eigenvalue weighted by Crippen LogP contribution is 2.42. The van der Waals surface area contributed by atoms with E-state index in [2.05, 4.69) is 10.2 Å². The number of piperazine rings is 1. The maximum atomic E-state index is 13.9. The number of nitrogens with one attached hydrogen (secondary N) is 1. The van der Waals surface area contributed by atoms with Gasteiger partial charge in [-0.3, -0.25) is 4.90 Å². The zero-order valence-corrected chi connectivity index (χ0v) is 31.6. The van der Waals surface area contributed by atoms with Crippen molar-refractivity contribution in [2.75, 3.05) is 47.0 Å². The fourth-order valence-electron chi connectivity index (χ4n) is 7.52. The van der Waals surface area contributed by atoms with Crippen molar-refractivity contribution in [3.8, 4) is 23.0 Å². The van der Waals surface area contributed by atoms with Crippen molar-refractivity contribution in [3.63, 3.8) is 0 Å². The predicted octanol–water partition coefficient (Wildman–Crippen LogP) is 7.62. The van der Waals surface area contributed by atoms with Gasteiger partial charge in [0.25, 0.3) is 0 Å². The minimum Gasteiger partial charge on any atom is -0.495 e. The van der Waals surface area contributed by atoms with Crippen LogP contribution in [0.5, 0.6) is 23.0 Å². The van der Waals surface area contributed by atoms with Gasteiger partial charge in [-0.15, -0.1) is 0 Å². The van der Waals surface area contributed by atoms with E-state index >= 15 is 0 Å². The summed E-state index contributed by atoms with van der Waals surface area (Å²) in [5.41, 5.74) is 5.61. The van der Waals surface area contributed by atoms with Gasteiger partial charge in [-0.05, 0) is 106 Å². The van der Waals surface area contributed by atoms with Gasteiger partial charge in [0.15, 0.2) is 0 Å². The Morgan fingerprint density at radius 3 is 1.81 bits per heavy atom. The molecule has 4 aromatic carbocycles. The maximum Gasteiger partial charge on any atom is 0.347 e. The Balaban J connectivity index is 1.35. The SMILES string of the molecule is COc1c(C)c(OC(=O)c2c(C)c(C)c(OCCCN3CCNCC3C(c3ccc(F)cc3)c3ccc(F)cc3)c(C)c2OC)c(C)c(C)c1C(=O)O. The number of esters is 1. The molecule has 1 atom stereocenters. The second-order valence-corrected chi connectivity index (χ2v) is 13.5. The van der Waals surface area contributed by atoms with E-state index in [1.54, 1.807) is 45.0 Å². The molecule has 1 aliphatic rings. The number of hydrogen-bond acceptors (Lipinski definition) is 8. The van der Waals surface area contributed by atoms with Crippen LogP contribution in [0.15, 0.2) is 48.5 Å². The summed E-state index contributed by atoms with van der Waals surface area (Å²) in [6, 6.07) is 13.1. The molecule has 0 aliphatic carbocycles. The Morgan fingerprint density at radius 1 is 0.755 bits per heavy atom. The van der Waals surface area contributed by atoms with Gasteiger partial charge in [0.1, 0.15) is 45.8 Å². The summed E-state index contributed by atoms with van der Waals surface area (Å²) in [5, 5.41) is 13.3. The molecule has 1 fully saturated rings. The number of carboxylic acid groups (broad SMARTS) is 1. The lowest BCUT2D eigenvalue weighted by molar-refractivity contribution is 0.0692. The third kappa shape index (κ3) is 8.01. The summed E-state index contributed by atoms with van der Waals surface area (Å²) in [4.78, 5) is 28.3. The molecule has 282 valence electrons. The molecule has 4 aromatic rings. The molecule has 5 rings (SSSR count). The first kappa shape index (κ1) is 39.2. The van der Waals surface area contributed by atoms with E-state index in [1.165, 1.54) is 38.5 Å². The maximum absolute atomic E-state index is 13.9. The van der Waals surface area contributed by atoms with E-state index in [9.17, 15) is 23.5 Å². The van der Waals surface area contributed by atoms with Crippen LogP contribution >= 0.6 is 0 Å². The Bertz CT molecular complexity index is 1930. The summed E-state index contributed by atoms with van der Waals surface area (Å²) in [7, 11) is 2.88. The molecule has 53 heavy (non-hydrogen) atoms. The monoisotopic (exact) mass is 730 g/mol. The number of carbonyl (C=O) groups excluding carboxylic acids is 1. The van der Waals surface area contributed by atoms with Gasteiger partial charge >= 0.3 is 11.9 Å². The van der Waals surface area contributed by atoms with Gasteiger partial charge in [-0.25, -0.2) is 18.4 Å². The average Bonchev–Trinajstić information content (AvgIpc) is 3.14. The van der Waals surface area contributed by atoms with E-state index in [4.69, 9.17) is 18.9 Å². The molecular weight excluding hydrogens is 682 g/mol. The zero-order chi connectivity index (χ0) is 38.6. The van der Waals surface area contributed by atoms with Gasteiger partial charge in [-0.2, -0.15) is 0 Å². The van der Waals surface area contributed by atoms with Crippen LogP contribution in [0.1, 0.15) is 77.6 Å². The first-order chi connectivity index (χ1) is 25.3. The van der Waals surface area contributed by atoms with Crippen LogP contribution in [0.3, 0.4) is 0 Å². The number of benzene rings is 4. The first-order valence-corrected chi connectivity index (χ1v) is 17.7. The number of rotatable bonds is 13. The second-order valence-electron chi connectivity index (χ2n) is 13.5. The van der Waals surface area contributed by atoms with Gasteiger partial charge in [0.05, 0.1) is 20.8 Å². The van der Waals surface area contributed by atoms with Crippen molar-refractivity contribution < 1.29 is 42.4 Å². The van der Waals surface area contributed by atoms with Gasteiger partial charge in [0.2, 0.25) is 0 Å². The van der Waals surface area contributed by atoms with E-state index in [-0.39, 0.29) is 46.2 Å². The van der Waals surface area contributed by atoms with Crippen molar-refractivity contribution in [2.45, 2.75) is 59.9 Å². The highest BCUT2D eigenvalue weighted by atomic mass is 19.1. The number of ether oxygens (including phenoxy) is 4. The fraction of sp³-hybridized carbons (Fsp3) is 0.381. The van der Waals surface area contributed by atoms with Crippen molar-refractivity contribution >= 4 is 11.9 Å². The van der Waals surface area contributed by atoms with Crippen LogP contribution in [0, 0.1) is 53.2 Å². The summed E-state index contributed by atoms with van der Waals surface area (Å²) >= 11 is 0. The minimum absolute atomic E-state index is 0.0253. The van der Waals surface area contributed by atoms with Crippen molar-refractivity contribution in [2.24, 2.45) is 0 Å². The van der Waals surface area contributed by atoms with Crippen LogP contribution in [0.4, 0.5) is 8.78 Å². The van der Waals surface area contributed by atoms with Crippen LogP contribution < -0.4 is 24.3 Å². The molecule has 0 aromatic heterocycles. The number of nitrogens with zero attached hydrogens (tertiary/aromatic N) is 1. The van der Waals surface area contributed by atoms with Crippen molar-refractivity contribution in [1.82, 2.24) is 10.2 Å². The highest BCUT2D eigenvalue weighted by Gasteiger charge is 2.33. The second kappa shape index (κ2) is 16.8. The smallest absolute Gasteiger partial charge is 0.347 e. The number of methoxy groups -OCH3 is 2. The molecule has 0 bridgehead atoms. The third-order valence-electron chi connectivity index (χ3n) is 10.5. The molecule has 2 N–H and O–H groups in total. The Morgan fingerprint density at radius 2 is 1.26 bits per heavy atom. The quantitative estimate of drug-likeness (QED) is 0.0817. The van der Waals surface area contributed by atoms with E-state index in [1.807, 2.05) is 20.8 Å². The normalized spacial score (nSPS) is 14.7. The van der Waals surface area contributed by atoms with Gasteiger partial charge in [-0.1, -0.05) is 24.3 Å². The van der Waals surface area contributed by atoms with Crippen LogP contribution in [0.25, 0.3) is 0 Å². The predicted molar refractivity (Wildman–Crippen MR) is 199 cm³/mol. The number of hydrogen-bond donors (Lipinski definition) is 2. The topological polar surface area (TPSA) is 107 Å². The summed E-state index contributed by atoms with van der Waals surface area (Å²) in [5.74, 6) is -1.17. The lowest BCUT2D eigenvalue weighted by atomic mass is 9.83. The molecule has 1 heterocycles. The van der Waals surface area contributed by atoms with Gasteiger partial charge in [0, 0.05) is 49.3 Å². The van der Waals surface area contributed by atoms with Crippen molar-refractivity contribution in [3.05, 3.63) is 116 Å². The number of halogens is 2.